The minimum absolute atomic E-state index is 0.165. The molecule has 0 aliphatic carbocycles. The number of carbonyl (C=O) groups is 2. The van der Waals surface area contributed by atoms with E-state index in [0.717, 1.165) is 12.8 Å². The number of ether oxygens (including phenoxy) is 1. The van der Waals surface area contributed by atoms with Gasteiger partial charge in [-0.05, 0) is 55.9 Å². The quantitative estimate of drug-likeness (QED) is 0.354. The van der Waals surface area contributed by atoms with E-state index in [1.807, 2.05) is 6.92 Å². The first-order valence-electron chi connectivity index (χ1n) is 9.67. The van der Waals surface area contributed by atoms with Gasteiger partial charge < -0.3 is 26.0 Å². The second-order valence-corrected chi connectivity index (χ2v) is 7.75. The monoisotopic (exact) mass is 396 g/mol. The van der Waals surface area contributed by atoms with Crippen LogP contribution in [0.1, 0.15) is 57.8 Å². The third-order valence-corrected chi connectivity index (χ3v) is 3.80. The lowest BCUT2D eigenvalue weighted by atomic mass is 9.95. The maximum absolute atomic E-state index is 12.1. The zero-order valence-corrected chi connectivity index (χ0v) is 17.6. The van der Waals surface area contributed by atoms with Gasteiger partial charge in [-0.2, -0.15) is 0 Å². The molecule has 0 radical (unpaired) electrons. The summed E-state index contributed by atoms with van der Waals surface area (Å²) in [4.78, 5) is 21.2. The number of nitrogens with two attached hydrogens (primary N) is 1. The van der Waals surface area contributed by atoms with Gasteiger partial charge in [0, 0.05) is 18.3 Å². The van der Waals surface area contributed by atoms with E-state index in [4.69, 9.17) is 25.5 Å². The topological polar surface area (TPSA) is 122 Å². The molecular weight excluding hydrogens is 360 g/mol. The highest BCUT2D eigenvalue weighted by atomic mass is 16.5. The molecule has 7 nitrogen and oxygen atoms in total. The van der Waals surface area contributed by atoms with Crippen LogP contribution >= 0.6 is 0 Å². The van der Waals surface area contributed by atoms with E-state index in [1.165, 1.54) is 0 Å². The molecule has 0 aliphatic rings. The fourth-order valence-electron chi connectivity index (χ4n) is 2.65. The lowest BCUT2D eigenvalue weighted by molar-refractivity contribution is -0.140. The largest absolute Gasteiger partial charge is 0.480 e. The number of benzene rings is 1. The van der Waals surface area contributed by atoms with Crippen molar-refractivity contribution in [2.45, 2.75) is 59.6 Å². The maximum atomic E-state index is 12.1. The Labute approximate surface area is 168 Å². The molecule has 28 heavy (non-hydrogen) atoms. The van der Waals surface area contributed by atoms with Crippen LogP contribution in [-0.4, -0.2) is 47.4 Å². The number of aliphatic hydroxyl groups excluding tert-OH is 1. The van der Waals surface area contributed by atoms with Crippen molar-refractivity contribution in [2.75, 3.05) is 18.9 Å². The van der Waals surface area contributed by atoms with Gasteiger partial charge in [-0.25, -0.2) is 9.59 Å². The van der Waals surface area contributed by atoms with Gasteiger partial charge in [-0.15, -0.1) is 0 Å². The molecule has 1 aromatic carbocycles. The number of nitrogen functional groups attached to an aromatic ring is 1. The Morgan fingerprint density at radius 1 is 1.04 bits per heavy atom. The molecule has 0 saturated carbocycles. The van der Waals surface area contributed by atoms with Gasteiger partial charge in [0.15, 0.2) is 0 Å². The molecule has 0 fully saturated rings. The molecular formula is C21H36N2O5. The van der Waals surface area contributed by atoms with Crippen LogP contribution in [0.4, 0.5) is 5.69 Å². The van der Waals surface area contributed by atoms with Gasteiger partial charge in [0.05, 0.1) is 5.56 Å². The van der Waals surface area contributed by atoms with E-state index in [9.17, 15) is 4.79 Å². The van der Waals surface area contributed by atoms with Crippen molar-refractivity contribution >= 4 is 17.6 Å². The predicted molar refractivity (Wildman–Crippen MR) is 111 cm³/mol. The molecule has 0 amide bonds. The van der Waals surface area contributed by atoms with E-state index < -0.39 is 12.6 Å². The van der Waals surface area contributed by atoms with Crippen molar-refractivity contribution < 1.29 is 24.5 Å². The molecule has 7 heteroatoms. The summed E-state index contributed by atoms with van der Waals surface area (Å²) < 4.78 is 5.49. The summed E-state index contributed by atoms with van der Waals surface area (Å²) in [6, 6.07) is 7.27. The molecule has 0 heterocycles. The molecule has 0 bridgehead atoms. The number of carboxylic acids is 1. The zero-order valence-electron chi connectivity index (χ0n) is 17.6. The average molecular weight is 397 g/mol. The normalized spacial score (nSPS) is 11.9. The zero-order chi connectivity index (χ0) is 21.7. The molecule has 160 valence electrons. The summed E-state index contributed by atoms with van der Waals surface area (Å²) in [5, 5.41) is 18.6. The van der Waals surface area contributed by atoms with Crippen molar-refractivity contribution in [3.8, 4) is 0 Å². The number of carboxylic acid groups (broad SMARTS) is 1. The van der Waals surface area contributed by atoms with Crippen LogP contribution in [-0.2, 0) is 9.53 Å². The van der Waals surface area contributed by atoms with Gasteiger partial charge in [0.2, 0.25) is 0 Å². The Kier molecular flexibility index (Phi) is 12.9. The maximum Gasteiger partial charge on any atom is 0.338 e. The number of carbonyl (C=O) groups excluding carboxylic acids is 1. The molecule has 0 spiro atoms. The number of esters is 1. The van der Waals surface area contributed by atoms with E-state index in [0.29, 0.717) is 35.7 Å². The lowest BCUT2D eigenvalue weighted by Crippen LogP contribution is -2.38. The van der Waals surface area contributed by atoms with E-state index in [-0.39, 0.29) is 12.1 Å². The van der Waals surface area contributed by atoms with Crippen LogP contribution in [0, 0.1) is 11.8 Å². The number of hydrogen-bond acceptors (Lipinski definition) is 6. The highest BCUT2D eigenvalue weighted by Gasteiger charge is 2.16. The fourth-order valence-corrected chi connectivity index (χ4v) is 2.65. The molecule has 0 aromatic heterocycles. The second-order valence-electron chi connectivity index (χ2n) is 7.75. The third kappa shape index (κ3) is 13.1. The van der Waals surface area contributed by atoms with Gasteiger partial charge in [-0.1, -0.05) is 27.7 Å². The standard InChI is InChI=1S/C19H32N2O2.C2H4O3/c1-13(2)10-18(11-14(3)4)21-12-15(5)23-19(22)16-6-8-17(20)9-7-16;3-1-2(4)5/h6-9,13-15,18,21H,10-12,20H2,1-5H3;3H,1H2,(H,4,5). The molecule has 5 N–H and O–H groups in total. The predicted octanol–water partition coefficient (Wildman–Crippen LogP) is 2.93. The Morgan fingerprint density at radius 3 is 1.89 bits per heavy atom. The van der Waals surface area contributed by atoms with Gasteiger partial charge >= 0.3 is 11.9 Å². The molecule has 1 rings (SSSR count). The number of aliphatic carboxylic acids is 1. The fraction of sp³-hybridized carbons (Fsp3) is 0.619. The van der Waals surface area contributed by atoms with E-state index in [1.54, 1.807) is 24.3 Å². The van der Waals surface area contributed by atoms with Crippen molar-refractivity contribution in [1.82, 2.24) is 5.32 Å². The van der Waals surface area contributed by atoms with Crippen LogP contribution in [0.2, 0.25) is 0 Å². The molecule has 0 saturated heterocycles. The summed E-state index contributed by atoms with van der Waals surface area (Å²) >= 11 is 0. The Bertz CT molecular complexity index is 563. The summed E-state index contributed by atoms with van der Waals surface area (Å²) in [5.41, 5.74) is 6.80. The van der Waals surface area contributed by atoms with Gasteiger partial charge in [0.25, 0.3) is 0 Å². The Hall–Kier alpha value is -2.12. The first-order valence-corrected chi connectivity index (χ1v) is 9.67. The first-order chi connectivity index (χ1) is 13.0. The summed E-state index contributed by atoms with van der Waals surface area (Å²) in [6.45, 7) is 10.8. The highest BCUT2D eigenvalue weighted by Crippen LogP contribution is 2.14. The van der Waals surface area contributed by atoms with Crippen molar-refractivity contribution in [2.24, 2.45) is 11.8 Å². The minimum Gasteiger partial charge on any atom is -0.480 e. The van der Waals surface area contributed by atoms with Gasteiger partial charge in [0.1, 0.15) is 12.7 Å². The molecule has 1 unspecified atom stereocenters. The minimum atomic E-state index is -1.19. The number of hydrogen-bond donors (Lipinski definition) is 4. The number of nitrogens with one attached hydrogen (secondary N) is 1. The second kappa shape index (κ2) is 14.0. The van der Waals surface area contributed by atoms with Crippen LogP contribution in [0.5, 0.6) is 0 Å². The van der Waals surface area contributed by atoms with Crippen LogP contribution in [0.3, 0.4) is 0 Å². The van der Waals surface area contributed by atoms with Crippen LogP contribution in [0.15, 0.2) is 24.3 Å². The average Bonchev–Trinajstić information content (AvgIpc) is 2.59. The summed E-state index contributed by atoms with van der Waals surface area (Å²) in [6.07, 6.45) is 2.11. The highest BCUT2D eigenvalue weighted by molar-refractivity contribution is 5.89. The summed E-state index contributed by atoms with van der Waals surface area (Å²) in [5.74, 6) is -0.189. The lowest BCUT2D eigenvalue weighted by Gasteiger charge is -2.24. The van der Waals surface area contributed by atoms with E-state index >= 15 is 0 Å². The van der Waals surface area contributed by atoms with Crippen LogP contribution < -0.4 is 11.1 Å². The van der Waals surface area contributed by atoms with Crippen molar-refractivity contribution in [3.05, 3.63) is 29.8 Å². The number of aliphatic hydroxyl groups is 1. The Balaban J connectivity index is 0.00000129. The molecule has 1 aromatic rings. The van der Waals surface area contributed by atoms with Crippen molar-refractivity contribution in [3.63, 3.8) is 0 Å². The summed E-state index contributed by atoms with van der Waals surface area (Å²) in [7, 11) is 0. The van der Waals surface area contributed by atoms with E-state index in [2.05, 4.69) is 33.0 Å². The van der Waals surface area contributed by atoms with Gasteiger partial charge in [-0.3, -0.25) is 0 Å². The third-order valence-electron chi connectivity index (χ3n) is 3.80. The number of rotatable bonds is 10. The van der Waals surface area contributed by atoms with Crippen LogP contribution in [0.25, 0.3) is 0 Å². The first kappa shape index (κ1) is 25.9. The number of anilines is 1. The Morgan fingerprint density at radius 2 is 1.50 bits per heavy atom. The smallest absolute Gasteiger partial charge is 0.338 e. The SMILES string of the molecule is CC(C)CC(CC(C)C)NCC(C)OC(=O)c1ccc(N)cc1.O=C(O)CO. The van der Waals surface area contributed by atoms with Crippen molar-refractivity contribution in [1.29, 1.82) is 0 Å². The molecule has 1 atom stereocenters. The molecule has 0 aliphatic heterocycles.